The lowest BCUT2D eigenvalue weighted by atomic mass is 10.1. The van der Waals surface area contributed by atoms with Crippen LogP contribution in [0.5, 0.6) is 0 Å². The summed E-state index contributed by atoms with van der Waals surface area (Å²) in [7, 11) is 0. The van der Waals surface area contributed by atoms with E-state index in [0.717, 1.165) is 25.9 Å². The van der Waals surface area contributed by atoms with Gasteiger partial charge in [0.05, 0.1) is 0 Å². The minimum Gasteiger partial charge on any atom is -0.409 e. The number of nitrogens with one attached hydrogen (secondary N) is 1. The highest BCUT2D eigenvalue weighted by Gasteiger charge is 2.12. The van der Waals surface area contributed by atoms with Gasteiger partial charge in [-0.2, -0.15) is 0 Å². The second-order valence-corrected chi connectivity index (χ2v) is 5.26. The first-order valence-electron chi connectivity index (χ1n) is 7.14. The third-order valence-corrected chi connectivity index (χ3v) is 3.46. The molecule has 106 valence electrons. The van der Waals surface area contributed by atoms with Gasteiger partial charge in [0, 0.05) is 19.0 Å². The van der Waals surface area contributed by atoms with Crippen LogP contribution in [0.25, 0.3) is 0 Å². The summed E-state index contributed by atoms with van der Waals surface area (Å²) in [5.41, 5.74) is 5.41. The number of nitrogens with zero attached hydrogens (tertiary/aromatic N) is 2. The molecular formula is C13H28N4O. The fourth-order valence-corrected chi connectivity index (χ4v) is 2.42. The van der Waals surface area contributed by atoms with E-state index in [-0.39, 0.29) is 0 Å². The molecule has 18 heavy (non-hydrogen) atoms. The lowest BCUT2D eigenvalue weighted by Crippen LogP contribution is -2.41. The van der Waals surface area contributed by atoms with Crippen LogP contribution in [0.4, 0.5) is 0 Å². The Balaban J connectivity index is 1.97. The second-order valence-electron chi connectivity index (χ2n) is 5.26. The van der Waals surface area contributed by atoms with E-state index in [0.29, 0.717) is 18.3 Å². The Labute approximate surface area is 110 Å². The number of hydrogen-bond acceptors (Lipinski definition) is 4. The summed E-state index contributed by atoms with van der Waals surface area (Å²) < 4.78 is 0. The zero-order chi connectivity index (χ0) is 13.2. The zero-order valence-electron chi connectivity index (χ0n) is 11.6. The molecule has 1 fully saturated rings. The number of likely N-dealkylation sites (tertiary alicyclic amines) is 1. The third-order valence-electron chi connectivity index (χ3n) is 3.46. The first-order chi connectivity index (χ1) is 8.72. The molecule has 1 unspecified atom stereocenters. The monoisotopic (exact) mass is 256 g/mol. The second kappa shape index (κ2) is 9.16. The number of rotatable bonds is 8. The van der Waals surface area contributed by atoms with Crippen molar-refractivity contribution in [2.45, 2.75) is 51.5 Å². The van der Waals surface area contributed by atoms with Crippen molar-refractivity contribution >= 4 is 5.84 Å². The van der Waals surface area contributed by atoms with E-state index in [9.17, 15) is 0 Å². The van der Waals surface area contributed by atoms with Crippen molar-refractivity contribution in [1.82, 2.24) is 10.2 Å². The lowest BCUT2D eigenvalue weighted by molar-refractivity contribution is 0.209. The molecule has 0 saturated carbocycles. The van der Waals surface area contributed by atoms with Crippen LogP contribution in [0.2, 0.25) is 0 Å². The van der Waals surface area contributed by atoms with Gasteiger partial charge < -0.3 is 21.2 Å². The summed E-state index contributed by atoms with van der Waals surface area (Å²) in [6.45, 7) is 6.93. The molecular weight excluding hydrogens is 228 g/mol. The Hall–Kier alpha value is -0.810. The normalized spacial score (nSPS) is 19.9. The van der Waals surface area contributed by atoms with E-state index in [1.54, 1.807) is 0 Å². The highest BCUT2D eigenvalue weighted by molar-refractivity contribution is 5.79. The van der Waals surface area contributed by atoms with Crippen molar-refractivity contribution in [2.75, 3.05) is 26.2 Å². The molecule has 0 aliphatic carbocycles. The van der Waals surface area contributed by atoms with Gasteiger partial charge in [-0.05, 0) is 52.2 Å². The Bertz CT molecular complexity index is 239. The van der Waals surface area contributed by atoms with Gasteiger partial charge >= 0.3 is 0 Å². The van der Waals surface area contributed by atoms with E-state index >= 15 is 0 Å². The minimum atomic E-state index is 0.330. The molecule has 1 rings (SSSR count). The number of oxime groups is 1. The molecule has 1 aliphatic heterocycles. The molecule has 0 aromatic rings. The van der Waals surface area contributed by atoms with Crippen molar-refractivity contribution in [2.24, 2.45) is 10.9 Å². The summed E-state index contributed by atoms with van der Waals surface area (Å²) in [6, 6.07) is 0.548. The molecule has 1 heterocycles. The Morgan fingerprint density at radius 2 is 2.06 bits per heavy atom. The molecule has 1 saturated heterocycles. The van der Waals surface area contributed by atoms with Crippen LogP contribution < -0.4 is 11.1 Å². The van der Waals surface area contributed by atoms with E-state index < -0.39 is 0 Å². The smallest absolute Gasteiger partial charge is 0.139 e. The highest BCUT2D eigenvalue weighted by atomic mass is 16.4. The quantitative estimate of drug-likeness (QED) is 0.202. The molecule has 4 N–H and O–H groups in total. The standard InChI is InChI=1S/C13H28N4O/c1-12(11-17-9-5-2-6-10-17)15-8-4-3-7-13(14)16-18/h12,15,18H,2-11H2,1H3,(H2,14,16). The molecule has 0 aromatic heterocycles. The van der Waals surface area contributed by atoms with E-state index in [2.05, 4.69) is 22.3 Å². The largest absolute Gasteiger partial charge is 0.409 e. The topological polar surface area (TPSA) is 73.9 Å². The van der Waals surface area contributed by atoms with Crippen molar-refractivity contribution < 1.29 is 5.21 Å². The fraction of sp³-hybridized carbons (Fsp3) is 0.923. The van der Waals surface area contributed by atoms with Gasteiger partial charge in [0.25, 0.3) is 0 Å². The number of unbranched alkanes of at least 4 members (excludes halogenated alkanes) is 1. The van der Waals surface area contributed by atoms with Gasteiger partial charge in [0.2, 0.25) is 0 Å². The van der Waals surface area contributed by atoms with Crippen LogP contribution in [-0.2, 0) is 0 Å². The van der Waals surface area contributed by atoms with E-state index in [1.165, 1.54) is 32.4 Å². The predicted molar refractivity (Wildman–Crippen MR) is 75.0 cm³/mol. The highest BCUT2D eigenvalue weighted by Crippen LogP contribution is 2.08. The van der Waals surface area contributed by atoms with Gasteiger partial charge in [-0.1, -0.05) is 11.6 Å². The fourth-order valence-electron chi connectivity index (χ4n) is 2.42. The lowest BCUT2D eigenvalue weighted by Gasteiger charge is -2.29. The maximum Gasteiger partial charge on any atom is 0.139 e. The zero-order valence-corrected chi connectivity index (χ0v) is 11.6. The van der Waals surface area contributed by atoms with Gasteiger partial charge in [-0.25, -0.2) is 0 Å². The van der Waals surface area contributed by atoms with Gasteiger partial charge in [0.15, 0.2) is 0 Å². The van der Waals surface area contributed by atoms with Crippen LogP contribution in [0, 0.1) is 0 Å². The first kappa shape index (κ1) is 15.2. The van der Waals surface area contributed by atoms with Crippen molar-refractivity contribution in [3.05, 3.63) is 0 Å². The number of nitrogens with two attached hydrogens (primary N) is 1. The maximum atomic E-state index is 8.40. The molecule has 1 atom stereocenters. The van der Waals surface area contributed by atoms with Crippen molar-refractivity contribution in [3.8, 4) is 0 Å². The van der Waals surface area contributed by atoms with Gasteiger partial charge in [-0.3, -0.25) is 0 Å². The summed E-state index contributed by atoms with van der Waals surface area (Å²) in [6.07, 6.45) is 6.82. The number of piperidine rings is 1. The van der Waals surface area contributed by atoms with Gasteiger partial charge in [-0.15, -0.1) is 0 Å². The molecule has 5 heteroatoms. The average molecular weight is 256 g/mol. The third kappa shape index (κ3) is 6.81. The van der Waals surface area contributed by atoms with Crippen LogP contribution in [0.3, 0.4) is 0 Å². The Morgan fingerprint density at radius 3 is 2.72 bits per heavy atom. The van der Waals surface area contributed by atoms with E-state index in [4.69, 9.17) is 10.9 Å². The van der Waals surface area contributed by atoms with Crippen LogP contribution >= 0.6 is 0 Å². The number of hydrogen-bond donors (Lipinski definition) is 3. The molecule has 0 amide bonds. The van der Waals surface area contributed by atoms with Crippen molar-refractivity contribution in [3.63, 3.8) is 0 Å². The van der Waals surface area contributed by atoms with Crippen LogP contribution in [0.15, 0.2) is 5.16 Å². The average Bonchev–Trinajstić information content (AvgIpc) is 2.39. The van der Waals surface area contributed by atoms with Crippen LogP contribution in [0.1, 0.15) is 45.4 Å². The summed E-state index contributed by atoms with van der Waals surface area (Å²) in [5, 5.41) is 14.9. The predicted octanol–water partition coefficient (Wildman–Crippen LogP) is 1.37. The van der Waals surface area contributed by atoms with Gasteiger partial charge in [0.1, 0.15) is 5.84 Å². The molecule has 0 spiro atoms. The SMILES string of the molecule is CC(CN1CCCCC1)NCCCCC(N)=NO. The summed E-state index contributed by atoms with van der Waals surface area (Å²) in [5.74, 6) is 0.330. The summed E-state index contributed by atoms with van der Waals surface area (Å²) in [4.78, 5) is 2.55. The van der Waals surface area contributed by atoms with Crippen LogP contribution in [-0.4, -0.2) is 48.2 Å². The van der Waals surface area contributed by atoms with E-state index in [1.807, 2.05) is 0 Å². The maximum absolute atomic E-state index is 8.40. The number of amidine groups is 1. The minimum absolute atomic E-state index is 0.330. The van der Waals surface area contributed by atoms with Crippen molar-refractivity contribution in [1.29, 1.82) is 0 Å². The molecule has 0 radical (unpaired) electrons. The Morgan fingerprint density at radius 1 is 1.33 bits per heavy atom. The molecule has 0 bridgehead atoms. The summed E-state index contributed by atoms with van der Waals surface area (Å²) >= 11 is 0. The Kier molecular flexibility index (Phi) is 7.76. The molecule has 0 aromatic carbocycles. The first-order valence-corrected chi connectivity index (χ1v) is 7.14. The molecule has 1 aliphatic rings. The molecule has 5 nitrogen and oxygen atoms in total.